The summed E-state index contributed by atoms with van der Waals surface area (Å²) in [5.41, 5.74) is 3.60. The summed E-state index contributed by atoms with van der Waals surface area (Å²) in [6.45, 7) is 15.3. The minimum absolute atomic E-state index is 0.714. The van der Waals surface area contributed by atoms with E-state index in [1.807, 2.05) is 51.5 Å². The minimum Gasteiger partial charge on any atom is -0.274 e. The summed E-state index contributed by atoms with van der Waals surface area (Å²) in [4.78, 5) is 9.36. The van der Waals surface area contributed by atoms with Gasteiger partial charge in [0, 0.05) is 6.21 Å². The third-order valence-corrected chi connectivity index (χ3v) is 3.90. The maximum absolute atomic E-state index is 4.80. The highest BCUT2D eigenvalue weighted by Crippen LogP contribution is 2.33. The molecular weight excluding hydrogens is 320 g/mol. The van der Waals surface area contributed by atoms with Crippen molar-refractivity contribution in [2.24, 2.45) is 4.99 Å². The number of benzene rings is 1. The van der Waals surface area contributed by atoms with Crippen molar-refractivity contribution in [1.29, 1.82) is 0 Å². The van der Waals surface area contributed by atoms with Crippen LogP contribution in [0.5, 0.6) is 0 Å². The molecule has 0 amide bonds. The molecule has 1 aromatic carbocycles. The standard InChI is InChI=1S/C22H20N4/c1-5-9-10-13-17(7-3)25-21(23-16-6-2)19(8-4)26-20-15-12-11-14-18(20)24-22(25)26/h5-16H,1-4H2/b10-9-,17-13+,23-16-. The number of aromatic nitrogens is 3. The Kier molecular flexibility index (Phi) is 4.94. The zero-order chi connectivity index (χ0) is 18.5. The molecule has 0 aliphatic carbocycles. The minimum atomic E-state index is 0.714. The molecular formula is C22H20N4. The van der Waals surface area contributed by atoms with Gasteiger partial charge >= 0.3 is 0 Å². The number of fused-ring (bicyclic) bond motifs is 3. The van der Waals surface area contributed by atoms with Crippen LogP contribution in [0.3, 0.4) is 0 Å². The molecule has 0 N–H and O–H groups in total. The van der Waals surface area contributed by atoms with Crippen molar-refractivity contribution in [3.8, 4) is 0 Å². The lowest BCUT2D eigenvalue weighted by atomic mass is 10.3. The normalized spacial score (nSPS) is 12.4. The number of aliphatic imine (C=N–C) groups is 1. The van der Waals surface area contributed by atoms with Crippen LogP contribution in [-0.4, -0.2) is 20.2 Å². The molecule has 4 heteroatoms. The van der Waals surface area contributed by atoms with Crippen LogP contribution in [0.1, 0.15) is 5.69 Å². The lowest BCUT2D eigenvalue weighted by molar-refractivity contribution is 1.11. The van der Waals surface area contributed by atoms with Crippen molar-refractivity contribution in [3.63, 3.8) is 0 Å². The lowest BCUT2D eigenvalue weighted by Gasteiger charge is -2.06. The fraction of sp³-hybridized carbons (Fsp3) is 0. The van der Waals surface area contributed by atoms with Gasteiger partial charge in [-0.05, 0) is 30.4 Å². The first-order valence-electron chi connectivity index (χ1n) is 8.18. The molecule has 2 aromatic heterocycles. The smallest absolute Gasteiger partial charge is 0.221 e. The molecule has 4 nitrogen and oxygen atoms in total. The summed E-state index contributed by atoms with van der Waals surface area (Å²) in [6.07, 6.45) is 14.3. The molecule has 26 heavy (non-hydrogen) atoms. The topological polar surface area (TPSA) is 34.6 Å². The van der Waals surface area contributed by atoms with Crippen molar-refractivity contribution in [2.75, 3.05) is 0 Å². The van der Waals surface area contributed by atoms with Crippen molar-refractivity contribution >= 4 is 40.6 Å². The van der Waals surface area contributed by atoms with Crippen molar-refractivity contribution in [2.45, 2.75) is 0 Å². The fourth-order valence-electron chi connectivity index (χ4n) is 2.84. The third-order valence-electron chi connectivity index (χ3n) is 3.90. The molecule has 2 heterocycles. The molecule has 0 unspecified atom stereocenters. The molecule has 0 bridgehead atoms. The second kappa shape index (κ2) is 7.49. The second-order valence-corrected chi connectivity index (χ2v) is 5.41. The van der Waals surface area contributed by atoms with Crippen LogP contribution < -0.4 is 0 Å². The Morgan fingerprint density at radius 2 is 1.85 bits per heavy atom. The number of hydrogen-bond acceptors (Lipinski definition) is 2. The Labute approximate surface area is 152 Å². The molecule has 3 rings (SSSR count). The first-order valence-corrected chi connectivity index (χ1v) is 8.18. The van der Waals surface area contributed by atoms with Gasteiger partial charge in [0.1, 0.15) is 0 Å². The van der Waals surface area contributed by atoms with E-state index in [0.717, 1.165) is 28.2 Å². The summed E-state index contributed by atoms with van der Waals surface area (Å²) in [5, 5.41) is 0. The molecule has 0 fully saturated rings. The predicted molar refractivity (Wildman–Crippen MR) is 113 cm³/mol. The van der Waals surface area contributed by atoms with Crippen LogP contribution in [0, 0.1) is 0 Å². The SMILES string of the molecule is C=C/C=C\C=C(/C=C)n1c(/N=C\C=C)c(C=C)n2c3ccccc3nc12. The Balaban J connectivity index is 2.46. The van der Waals surface area contributed by atoms with Crippen LogP contribution in [0.15, 0.2) is 92.0 Å². The quantitative estimate of drug-likeness (QED) is 0.408. The summed E-state index contributed by atoms with van der Waals surface area (Å²) in [6, 6.07) is 7.98. The fourth-order valence-corrected chi connectivity index (χ4v) is 2.84. The number of para-hydroxylation sites is 2. The second-order valence-electron chi connectivity index (χ2n) is 5.41. The average molecular weight is 340 g/mol. The van der Waals surface area contributed by atoms with Crippen LogP contribution in [0.2, 0.25) is 0 Å². The van der Waals surface area contributed by atoms with E-state index in [4.69, 9.17) is 4.98 Å². The molecule has 0 aliphatic heterocycles. The van der Waals surface area contributed by atoms with E-state index in [1.54, 1.807) is 30.5 Å². The van der Waals surface area contributed by atoms with Gasteiger partial charge in [-0.2, -0.15) is 0 Å². The highest BCUT2D eigenvalue weighted by Gasteiger charge is 2.20. The van der Waals surface area contributed by atoms with Gasteiger partial charge in [-0.1, -0.05) is 62.8 Å². The summed E-state index contributed by atoms with van der Waals surface area (Å²) >= 11 is 0. The molecule has 0 aliphatic rings. The number of nitrogens with zero attached hydrogens (tertiary/aromatic N) is 4. The van der Waals surface area contributed by atoms with Crippen molar-refractivity contribution < 1.29 is 0 Å². The van der Waals surface area contributed by atoms with Crippen LogP contribution >= 0.6 is 0 Å². The van der Waals surface area contributed by atoms with E-state index in [1.165, 1.54) is 0 Å². The van der Waals surface area contributed by atoms with Gasteiger partial charge in [0.15, 0.2) is 5.82 Å². The Hall–Kier alpha value is -3.66. The zero-order valence-corrected chi connectivity index (χ0v) is 14.5. The van der Waals surface area contributed by atoms with Gasteiger partial charge in [-0.3, -0.25) is 8.97 Å². The molecule has 0 spiro atoms. The van der Waals surface area contributed by atoms with E-state index in [9.17, 15) is 0 Å². The first-order chi connectivity index (χ1) is 12.8. The van der Waals surface area contributed by atoms with E-state index >= 15 is 0 Å². The summed E-state index contributed by atoms with van der Waals surface area (Å²) in [5.74, 6) is 1.46. The number of allylic oxidation sites excluding steroid dienone is 7. The molecule has 128 valence electrons. The summed E-state index contributed by atoms with van der Waals surface area (Å²) in [7, 11) is 0. The molecule has 0 radical (unpaired) electrons. The van der Waals surface area contributed by atoms with Gasteiger partial charge < -0.3 is 0 Å². The summed E-state index contributed by atoms with van der Waals surface area (Å²) < 4.78 is 4.00. The molecule has 0 saturated carbocycles. The number of imidazole rings is 2. The zero-order valence-electron chi connectivity index (χ0n) is 14.5. The molecule has 0 saturated heterocycles. The monoisotopic (exact) mass is 340 g/mol. The molecule has 3 aromatic rings. The number of hydrogen-bond donors (Lipinski definition) is 0. The van der Waals surface area contributed by atoms with Crippen molar-refractivity contribution in [3.05, 3.63) is 92.7 Å². The Morgan fingerprint density at radius 3 is 2.54 bits per heavy atom. The van der Waals surface area contributed by atoms with E-state index < -0.39 is 0 Å². The van der Waals surface area contributed by atoms with Gasteiger partial charge in [-0.15, -0.1) is 0 Å². The average Bonchev–Trinajstić information content (AvgIpc) is 3.17. The third kappa shape index (κ3) is 2.78. The Bertz CT molecular complexity index is 1100. The van der Waals surface area contributed by atoms with Gasteiger partial charge in [0.2, 0.25) is 5.78 Å². The van der Waals surface area contributed by atoms with Crippen LogP contribution in [0.25, 0.3) is 28.6 Å². The highest BCUT2D eigenvalue weighted by molar-refractivity contribution is 5.87. The maximum Gasteiger partial charge on any atom is 0.221 e. The van der Waals surface area contributed by atoms with Crippen LogP contribution in [0.4, 0.5) is 5.82 Å². The molecule has 0 atom stereocenters. The highest BCUT2D eigenvalue weighted by atomic mass is 15.3. The maximum atomic E-state index is 4.80. The van der Waals surface area contributed by atoms with E-state index in [0.29, 0.717) is 5.82 Å². The van der Waals surface area contributed by atoms with E-state index in [2.05, 4.69) is 31.3 Å². The van der Waals surface area contributed by atoms with Crippen molar-refractivity contribution in [1.82, 2.24) is 14.0 Å². The lowest BCUT2D eigenvalue weighted by Crippen LogP contribution is -1.95. The van der Waals surface area contributed by atoms with Crippen LogP contribution in [-0.2, 0) is 0 Å². The number of rotatable bonds is 7. The van der Waals surface area contributed by atoms with Gasteiger partial charge in [-0.25, -0.2) is 9.98 Å². The first kappa shape index (κ1) is 17.2. The van der Waals surface area contributed by atoms with Gasteiger partial charge in [0.25, 0.3) is 0 Å². The Morgan fingerprint density at radius 1 is 1.04 bits per heavy atom. The predicted octanol–water partition coefficient (Wildman–Crippen LogP) is 5.59. The van der Waals surface area contributed by atoms with Gasteiger partial charge in [0.05, 0.1) is 22.4 Å². The largest absolute Gasteiger partial charge is 0.274 e. The van der Waals surface area contributed by atoms with E-state index in [-0.39, 0.29) is 0 Å².